The van der Waals surface area contributed by atoms with Crippen LogP contribution in [-0.2, 0) is 4.79 Å². The Morgan fingerprint density at radius 1 is 1.00 bits per heavy atom. The van der Waals surface area contributed by atoms with Gasteiger partial charge < -0.3 is 16.2 Å². The summed E-state index contributed by atoms with van der Waals surface area (Å²) in [6, 6.07) is 12.4. The third-order valence-corrected chi connectivity index (χ3v) is 2.48. The van der Waals surface area contributed by atoms with Crippen molar-refractivity contribution < 1.29 is 9.53 Å². The molecule has 0 aliphatic rings. The number of hydrogen-bond acceptors (Lipinski definition) is 4. The molecule has 0 saturated carbocycles. The Morgan fingerprint density at radius 3 is 2.22 bits per heavy atom. The van der Waals surface area contributed by atoms with Gasteiger partial charge in [-0.05, 0) is 35.9 Å². The summed E-state index contributed by atoms with van der Waals surface area (Å²) in [6.07, 6.45) is 0. The highest BCUT2D eigenvalue weighted by Crippen LogP contribution is 2.32. The molecule has 0 saturated heterocycles. The van der Waals surface area contributed by atoms with Crippen LogP contribution >= 0.6 is 0 Å². The van der Waals surface area contributed by atoms with Gasteiger partial charge in [0.1, 0.15) is 5.75 Å². The second kappa shape index (κ2) is 4.79. The van der Waals surface area contributed by atoms with Crippen LogP contribution in [0.4, 0.5) is 11.4 Å². The zero-order valence-electron chi connectivity index (χ0n) is 10.0. The Balaban J connectivity index is 2.50. The largest absolute Gasteiger partial charge is 0.426 e. The number of esters is 1. The number of hydrogen-bond donors (Lipinski definition) is 2. The minimum atomic E-state index is -0.364. The summed E-state index contributed by atoms with van der Waals surface area (Å²) in [6.45, 7) is 1.36. The maximum atomic E-state index is 11.1. The van der Waals surface area contributed by atoms with E-state index in [9.17, 15) is 4.79 Å². The Hall–Kier alpha value is -2.49. The van der Waals surface area contributed by atoms with Crippen LogP contribution in [0.2, 0.25) is 0 Å². The Kier molecular flexibility index (Phi) is 3.19. The molecule has 0 radical (unpaired) electrons. The molecule has 0 aliphatic carbocycles. The highest BCUT2D eigenvalue weighted by Gasteiger charge is 2.09. The smallest absolute Gasteiger partial charge is 0.308 e. The van der Waals surface area contributed by atoms with Crippen LogP contribution in [-0.4, -0.2) is 5.97 Å². The van der Waals surface area contributed by atoms with Crippen molar-refractivity contribution in [2.24, 2.45) is 0 Å². The molecule has 0 unspecified atom stereocenters. The second-order valence-electron chi connectivity index (χ2n) is 3.97. The molecule has 18 heavy (non-hydrogen) atoms. The van der Waals surface area contributed by atoms with Crippen LogP contribution in [0, 0.1) is 0 Å². The lowest BCUT2D eigenvalue weighted by molar-refractivity contribution is -0.131. The van der Waals surface area contributed by atoms with Gasteiger partial charge in [-0.2, -0.15) is 0 Å². The van der Waals surface area contributed by atoms with E-state index in [0.29, 0.717) is 17.1 Å². The van der Waals surface area contributed by atoms with Gasteiger partial charge in [-0.15, -0.1) is 0 Å². The molecule has 0 fully saturated rings. The summed E-state index contributed by atoms with van der Waals surface area (Å²) < 4.78 is 5.16. The molecule has 0 atom stereocenters. The van der Waals surface area contributed by atoms with Crippen LogP contribution in [0.25, 0.3) is 11.1 Å². The molecule has 0 amide bonds. The normalized spacial score (nSPS) is 10.1. The van der Waals surface area contributed by atoms with E-state index in [2.05, 4.69) is 0 Å². The van der Waals surface area contributed by atoms with Crippen molar-refractivity contribution in [2.45, 2.75) is 6.92 Å². The predicted octanol–water partition coefficient (Wildman–Crippen LogP) is 2.44. The molecule has 0 bridgehead atoms. The first-order valence-electron chi connectivity index (χ1n) is 5.50. The van der Waals surface area contributed by atoms with E-state index in [0.717, 1.165) is 11.1 Å². The number of ether oxygens (including phenoxy) is 1. The number of carbonyl (C=O) groups is 1. The molecule has 2 aromatic carbocycles. The van der Waals surface area contributed by atoms with Crippen LogP contribution < -0.4 is 16.2 Å². The van der Waals surface area contributed by atoms with Crippen molar-refractivity contribution in [3.05, 3.63) is 42.5 Å². The minimum Gasteiger partial charge on any atom is -0.426 e. The lowest BCUT2D eigenvalue weighted by Crippen LogP contribution is -2.03. The molecule has 0 spiro atoms. The highest BCUT2D eigenvalue weighted by molar-refractivity contribution is 5.79. The highest BCUT2D eigenvalue weighted by atomic mass is 16.5. The van der Waals surface area contributed by atoms with Gasteiger partial charge in [0.2, 0.25) is 0 Å². The molecule has 2 aromatic rings. The predicted molar refractivity (Wildman–Crippen MR) is 72.0 cm³/mol. The van der Waals surface area contributed by atoms with Crippen LogP contribution in [0.15, 0.2) is 42.5 Å². The maximum Gasteiger partial charge on any atom is 0.308 e. The molecule has 4 N–H and O–H groups in total. The van der Waals surface area contributed by atoms with Gasteiger partial charge in [-0.3, -0.25) is 4.79 Å². The summed E-state index contributed by atoms with van der Waals surface area (Å²) in [7, 11) is 0. The average molecular weight is 242 g/mol. The lowest BCUT2D eigenvalue weighted by Gasteiger charge is -2.10. The van der Waals surface area contributed by atoms with Crippen molar-refractivity contribution in [3.63, 3.8) is 0 Å². The van der Waals surface area contributed by atoms with E-state index in [1.807, 2.05) is 12.1 Å². The van der Waals surface area contributed by atoms with Gasteiger partial charge in [-0.1, -0.05) is 12.1 Å². The molecule has 0 aliphatic heterocycles. The van der Waals surface area contributed by atoms with Gasteiger partial charge >= 0.3 is 5.97 Å². The Labute approximate surface area is 105 Å². The lowest BCUT2D eigenvalue weighted by atomic mass is 10.0. The summed E-state index contributed by atoms with van der Waals surface area (Å²) in [4.78, 5) is 11.1. The SMILES string of the molecule is CC(=O)Oc1ccc(N)cc1-c1ccc(N)cc1. The zero-order valence-corrected chi connectivity index (χ0v) is 10.0. The van der Waals surface area contributed by atoms with E-state index in [1.54, 1.807) is 30.3 Å². The molecule has 4 heteroatoms. The summed E-state index contributed by atoms with van der Waals surface area (Å²) in [5.74, 6) is 0.123. The van der Waals surface area contributed by atoms with Crippen LogP contribution in [0.5, 0.6) is 5.75 Å². The Bertz CT molecular complexity index is 577. The number of nitrogens with two attached hydrogens (primary N) is 2. The third-order valence-electron chi connectivity index (χ3n) is 2.48. The standard InChI is InChI=1S/C14H14N2O2/c1-9(17)18-14-7-6-12(16)8-13(14)10-2-4-11(15)5-3-10/h2-8H,15-16H2,1H3. The minimum absolute atomic E-state index is 0.364. The van der Waals surface area contributed by atoms with E-state index >= 15 is 0 Å². The number of benzene rings is 2. The first-order chi connectivity index (χ1) is 8.56. The fourth-order valence-corrected chi connectivity index (χ4v) is 1.68. The summed E-state index contributed by atoms with van der Waals surface area (Å²) in [5, 5.41) is 0. The topological polar surface area (TPSA) is 78.3 Å². The van der Waals surface area contributed by atoms with Gasteiger partial charge in [0.05, 0.1) is 0 Å². The molecule has 0 aromatic heterocycles. The third kappa shape index (κ3) is 2.60. The van der Waals surface area contributed by atoms with Crippen molar-refractivity contribution in [1.82, 2.24) is 0 Å². The molecule has 2 rings (SSSR count). The number of carbonyl (C=O) groups excluding carboxylic acids is 1. The summed E-state index contributed by atoms with van der Waals surface area (Å²) >= 11 is 0. The molecule has 0 heterocycles. The van der Waals surface area contributed by atoms with Crippen LogP contribution in [0.1, 0.15) is 6.92 Å². The number of rotatable bonds is 2. The number of anilines is 2. The molecular formula is C14H14N2O2. The number of nitrogen functional groups attached to an aromatic ring is 2. The Morgan fingerprint density at radius 2 is 1.61 bits per heavy atom. The van der Waals surface area contributed by atoms with E-state index in [1.165, 1.54) is 6.92 Å². The van der Waals surface area contributed by atoms with Crippen molar-refractivity contribution in [3.8, 4) is 16.9 Å². The van der Waals surface area contributed by atoms with Crippen molar-refractivity contribution in [2.75, 3.05) is 11.5 Å². The van der Waals surface area contributed by atoms with Crippen molar-refractivity contribution in [1.29, 1.82) is 0 Å². The molecular weight excluding hydrogens is 228 g/mol. The fourth-order valence-electron chi connectivity index (χ4n) is 1.68. The summed E-state index contributed by atoms with van der Waals surface area (Å²) in [5.41, 5.74) is 14.4. The monoisotopic (exact) mass is 242 g/mol. The quantitative estimate of drug-likeness (QED) is 0.481. The van der Waals surface area contributed by atoms with Gasteiger partial charge in [-0.25, -0.2) is 0 Å². The first-order valence-corrected chi connectivity index (χ1v) is 5.50. The van der Waals surface area contributed by atoms with E-state index in [4.69, 9.17) is 16.2 Å². The van der Waals surface area contributed by atoms with E-state index in [-0.39, 0.29) is 5.97 Å². The van der Waals surface area contributed by atoms with Gasteiger partial charge in [0.25, 0.3) is 0 Å². The molecule has 4 nitrogen and oxygen atoms in total. The molecule has 92 valence electrons. The van der Waals surface area contributed by atoms with Gasteiger partial charge in [0, 0.05) is 23.9 Å². The van der Waals surface area contributed by atoms with Crippen LogP contribution in [0.3, 0.4) is 0 Å². The average Bonchev–Trinajstić information content (AvgIpc) is 2.32. The first kappa shape index (κ1) is 12.0. The van der Waals surface area contributed by atoms with E-state index < -0.39 is 0 Å². The van der Waals surface area contributed by atoms with Crippen molar-refractivity contribution >= 4 is 17.3 Å². The fraction of sp³-hybridized carbons (Fsp3) is 0.0714. The maximum absolute atomic E-state index is 11.1. The second-order valence-corrected chi connectivity index (χ2v) is 3.97. The zero-order chi connectivity index (χ0) is 13.1. The van der Waals surface area contributed by atoms with Gasteiger partial charge in [0.15, 0.2) is 0 Å².